The van der Waals surface area contributed by atoms with Gasteiger partial charge in [-0.3, -0.25) is 0 Å². The SMILES string of the molecule is O=[P+](O)O.O=[P+](O)O.OCCO. The maximum atomic E-state index is 8.70. The van der Waals surface area contributed by atoms with Crippen LogP contribution in [0, 0.1) is 0 Å². The number of hydrogen-bond acceptors (Lipinski definition) is 4. The zero-order valence-electron chi connectivity index (χ0n) is 5.81. The van der Waals surface area contributed by atoms with Crippen molar-refractivity contribution >= 4 is 16.5 Å². The van der Waals surface area contributed by atoms with E-state index >= 15 is 0 Å². The van der Waals surface area contributed by atoms with E-state index in [0.29, 0.717) is 0 Å². The Labute approximate surface area is 69.6 Å². The Bertz CT molecular complexity index is 91.6. The summed E-state index contributed by atoms with van der Waals surface area (Å²) in [6, 6.07) is 0. The van der Waals surface area contributed by atoms with Crippen LogP contribution < -0.4 is 0 Å². The molecule has 0 radical (unpaired) electrons. The van der Waals surface area contributed by atoms with Gasteiger partial charge in [0.05, 0.1) is 13.2 Å². The number of hydrogen-bond donors (Lipinski definition) is 6. The number of aliphatic hydroxyl groups is 2. The van der Waals surface area contributed by atoms with Crippen molar-refractivity contribution in [1.82, 2.24) is 0 Å². The topological polar surface area (TPSA) is 156 Å². The molecule has 6 N–H and O–H groups in total. The van der Waals surface area contributed by atoms with E-state index in [1.54, 1.807) is 0 Å². The van der Waals surface area contributed by atoms with E-state index in [9.17, 15) is 0 Å². The van der Waals surface area contributed by atoms with Crippen LogP contribution in [-0.2, 0) is 9.13 Å². The van der Waals surface area contributed by atoms with E-state index in [1.165, 1.54) is 0 Å². The van der Waals surface area contributed by atoms with Gasteiger partial charge in [-0.25, -0.2) is 0 Å². The minimum atomic E-state index is -2.87. The van der Waals surface area contributed by atoms with Crippen LogP contribution in [0.3, 0.4) is 0 Å². The second-order valence-electron chi connectivity index (χ2n) is 0.953. The molecule has 0 rings (SSSR count). The van der Waals surface area contributed by atoms with Gasteiger partial charge in [-0.1, -0.05) is 0 Å². The maximum absolute atomic E-state index is 8.70. The zero-order chi connectivity index (χ0) is 10.6. The summed E-state index contributed by atoms with van der Waals surface area (Å²) in [6.07, 6.45) is 0. The summed E-state index contributed by atoms with van der Waals surface area (Å²) >= 11 is 0. The molecule has 0 fully saturated rings. The van der Waals surface area contributed by atoms with Crippen LogP contribution in [0.2, 0.25) is 0 Å². The Morgan fingerprint density at radius 1 is 0.750 bits per heavy atom. The van der Waals surface area contributed by atoms with Crippen LogP contribution in [0.4, 0.5) is 0 Å². The highest BCUT2D eigenvalue weighted by molar-refractivity contribution is 7.31. The first-order chi connectivity index (χ1) is 5.38. The summed E-state index contributed by atoms with van der Waals surface area (Å²) < 4.78 is 17.4. The summed E-state index contributed by atoms with van der Waals surface area (Å²) in [7, 11) is -5.74. The first-order valence-electron chi connectivity index (χ1n) is 2.30. The molecule has 0 heterocycles. The van der Waals surface area contributed by atoms with E-state index in [-0.39, 0.29) is 13.2 Å². The fourth-order valence-corrected chi connectivity index (χ4v) is 0. The van der Waals surface area contributed by atoms with E-state index in [4.69, 9.17) is 38.9 Å². The Morgan fingerprint density at radius 2 is 0.833 bits per heavy atom. The molecule has 10 heteroatoms. The molecule has 0 amide bonds. The smallest absolute Gasteiger partial charge is 0.394 e. The summed E-state index contributed by atoms with van der Waals surface area (Å²) in [6.45, 7) is -0.250. The molecular weight excluding hydrogens is 214 g/mol. The van der Waals surface area contributed by atoms with Crippen LogP contribution in [0.25, 0.3) is 0 Å². The van der Waals surface area contributed by atoms with Gasteiger partial charge in [0.2, 0.25) is 0 Å². The summed E-state index contributed by atoms with van der Waals surface area (Å²) in [4.78, 5) is 28.5. The highest BCUT2D eigenvalue weighted by atomic mass is 31.1. The lowest BCUT2D eigenvalue weighted by Gasteiger charge is -1.70. The van der Waals surface area contributed by atoms with Crippen LogP contribution in [-0.4, -0.2) is 43.0 Å². The molecule has 0 saturated heterocycles. The highest BCUT2D eigenvalue weighted by Crippen LogP contribution is 1.98. The third kappa shape index (κ3) is 868. The monoisotopic (exact) mass is 224 g/mol. The second-order valence-corrected chi connectivity index (χ2v) is 1.96. The van der Waals surface area contributed by atoms with E-state index in [2.05, 4.69) is 0 Å². The van der Waals surface area contributed by atoms with Crippen molar-refractivity contribution < 1.29 is 38.9 Å². The summed E-state index contributed by atoms with van der Waals surface area (Å²) in [5.74, 6) is 0. The Hall–Kier alpha value is -0.0400. The van der Waals surface area contributed by atoms with Crippen LogP contribution in [0.1, 0.15) is 0 Å². The van der Waals surface area contributed by atoms with Gasteiger partial charge in [-0.05, 0) is 0 Å². The summed E-state index contributed by atoms with van der Waals surface area (Å²) in [5, 5.41) is 15.2. The Balaban J connectivity index is -0.000000101. The van der Waals surface area contributed by atoms with Gasteiger partial charge < -0.3 is 10.2 Å². The number of rotatable bonds is 1. The quantitative estimate of drug-likeness (QED) is 0.285. The molecule has 0 atom stereocenters. The molecule has 0 aromatic rings. The Morgan fingerprint density at radius 3 is 0.833 bits per heavy atom. The normalized spacial score (nSPS) is 6.83. The molecule has 74 valence electrons. The van der Waals surface area contributed by atoms with Gasteiger partial charge in [0.25, 0.3) is 0 Å². The van der Waals surface area contributed by atoms with Crippen molar-refractivity contribution in [3.8, 4) is 0 Å². The molecule has 0 aliphatic heterocycles. The average Bonchev–Trinajstić information content (AvgIpc) is 1.85. The first-order valence-corrected chi connectivity index (χ1v) is 4.63. The van der Waals surface area contributed by atoms with E-state index < -0.39 is 16.5 Å². The van der Waals surface area contributed by atoms with E-state index in [0.717, 1.165) is 0 Å². The van der Waals surface area contributed by atoms with Crippen LogP contribution >= 0.6 is 16.5 Å². The van der Waals surface area contributed by atoms with Gasteiger partial charge in [-0.15, -0.1) is 19.6 Å². The zero-order valence-corrected chi connectivity index (χ0v) is 7.60. The molecule has 0 bridgehead atoms. The summed E-state index contributed by atoms with van der Waals surface area (Å²) in [5.41, 5.74) is 0. The molecule has 0 aromatic carbocycles. The third-order valence-corrected chi connectivity index (χ3v) is 0.1000. The van der Waals surface area contributed by atoms with Gasteiger partial charge in [-0.2, -0.15) is 0 Å². The fraction of sp³-hybridized carbons (Fsp3) is 1.00. The van der Waals surface area contributed by atoms with Crippen molar-refractivity contribution in [2.75, 3.05) is 13.2 Å². The lowest BCUT2D eigenvalue weighted by molar-refractivity contribution is 0.186. The van der Waals surface area contributed by atoms with Crippen molar-refractivity contribution in [3.63, 3.8) is 0 Å². The van der Waals surface area contributed by atoms with Gasteiger partial charge in [0, 0.05) is 9.13 Å². The third-order valence-electron chi connectivity index (χ3n) is 0.1000. The highest BCUT2D eigenvalue weighted by Gasteiger charge is 1.93. The second kappa shape index (κ2) is 17.2. The van der Waals surface area contributed by atoms with Crippen LogP contribution in [0.15, 0.2) is 0 Å². The maximum Gasteiger partial charge on any atom is 0.692 e. The largest absolute Gasteiger partial charge is 0.692 e. The fourth-order valence-electron chi connectivity index (χ4n) is 0. The molecule has 0 aliphatic rings. The molecule has 0 aliphatic carbocycles. The van der Waals surface area contributed by atoms with Crippen molar-refractivity contribution in [3.05, 3.63) is 0 Å². The molecule has 0 saturated carbocycles. The lowest BCUT2D eigenvalue weighted by Crippen LogP contribution is -1.85. The molecule has 0 unspecified atom stereocenters. The van der Waals surface area contributed by atoms with Crippen molar-refractivity contribution in [2.45, 2.75) is 0 Å². The molecule has 0 spiro atoms. The van der Waals surface area contributed by atoms with Gasteiger partial charge in [0.1, 0.15) is 0 Å². The lowest BCUT2D eigenvalue weighted by atomic mass is 10.8. The molecule has 0 aromatic heterocycles. The van der Waals surface area contributed by atoms with Crippen molar-refractivity contribution in [2.24, 2.45) is 0 Å². The molecular formula is C2H10O8P2+2. The average molecular weight is 224 g/mol. The standard InChI is InChI=1S/C2H6O2.2HO3P/c3-1-2-4;2*1-4(2)3/h3-4H,1-2H2;2*(H-,1,2,3)/p+2. The molecule has 8 nitrogen and oxygen atoms in total. The molecule has 12 heavy (non-hydrogen) atoms. The van der Waals surface area contributed by atoms with E-state index in [1.807, 2.05) is 0 Å². The minimum absolute atomic E-state index is 0.125. The van der Waals surface area contributed by atoms with Gasteiger partial charge >= 0.3 is 16.5 Å². The predicted octanol–water partition coefficient (Wildman–Crippen LogP) is -1.77. The van der Waals surface area contributed by atoms with Crippen LogP contribution in [0.5, 0.6) is 0 Å². The van der Waals surface area contributed by atoms with Gasteiger partial charge in [0.15, 0.2) is 0 Å². The predicted molar refractivity (Wildman–Crippen MR) is 38.3 cm³/mol. The Kier molecular flexibility index (Phi) is 25.6. The number of aliphatic hydroxyl groups excluding tert-OH is 2. The first kappa shape index (κ1) is 17.9. The van der Waals surface area contributed by atoms with Crippen molar-refractivity contribution in [1.29, 1.82) is 0 Å². The minimum Gasteiger partial charge on any atom is -0.394 e.